The predicted octanol–water partition coefficient (Wildman–Crippen LogP) is 1.91. The van der Waals surface area contributed by atoms with Gasteiger partial charge in [-0.3, -0.25) is 4.79 Å². The zero-order chi connectivity index (χ0) is 14.9. The predicted molar refractivity (Wildman–Crippen MR) is 79.7 cm³/mol. The Kier molecular flexibility index (Phi) is 4.04. The molecular formula is C16H24N2O2. The molecule has 1 amide bonds. The summed E-state index contributed by atoms with van der Waals surface area (Å²) in [4.78, 5) is 14.5. The third-order valence-corrected chi connectivity index (χ3v) is 3.97. The molecule has 1 aliphatic rings. The van der Waals surface area contributed by atoms with Gasteiger partial charge in [-0.05, 0) is 36.0 Å². The van der Waals surface area contributed by atoms with Crippen molar-refractivity contribution < 1.29 is 9.53 Å². The number of ether oxygens (including phenoxy) is 1. The van der Waals surface area contributed by atoms with Gasteiger partial charge in [0.05, 0.1) is 7.11 Å². The number of amides is 1. The lowest BCUT2D eigenvalue weighted by Gasteiger charge is -2.31. The molecule has 0 spiro atoms. The first kappa shape index (κ1) is 14.9. The van der Waals surface area contributed by atoms with Crippen molar-refractivity contribution in [1.29, 1.82) is 0 Å². The number of carbonyl (C=O) groups excluding carboxylic acids is 1. The summed E-state index contributed by atoms with van der Waals surface area (Å²) in [5.41, 5.74) is 7.55. The van der Waals surface area contributed by atoms with E-state index in [0.717, 1.165) is 29.8 Å². The zero-order valence-corrected chi connectivity index (χ0v) is 12.8. The van der Waals surface area contributed by atoms with E-state index in [2.05, 4.69) is 13.8 Å². The minimum Gasteiger partial charge on any atom is -0.496 e. The summed E-state index contributed by atoms with van der Waals surface area (Å²) in [7, 11) is 3.48. The molecule has 0 saturated carbocycles. The third kappa shape index (κ3) is 2.40. The number of nitrogens with zero attached hydrogens (tertiary/aromatic N) is 1. The third-order valence-electron chi connectivity index (χ3n) is 3.97. The van der Waals surface area contributed by atoms with E-state index in [1.807, 2.05) is 25.2 Å². The Hall–Kier alpha value is -1.55. The molecule has 0 heterocycles. The van der Waals surface area contributed by atoms with Gasteiger partial charge in [-0.2, -0.15) is 0 Å². The highest BCUT2D eigenvalue weighted by atomic mass is 16.5. The number of methoxy groups -OCH3 is 1. The molecule has 0 bridgehead atoms. The first-order chi connectivity index (χ1) is 9.40. The van der Waals surface area contributed by atoms with Gasteiger partial charge in [0.1, 0.15) is 11.3 Å². The quantitative estimate of drug-likeness (QED) is 0.914. The molecule has 1 aliphatic carbocycles. The van der Waals surface area contributed by atoms with Crippen LogP contribution in [-0.2, 0) is 16.8 Å². The summed E-state index contributed by atoms with van der Waals surface area (Å²) >= 11 is 0. The molecule has 0 aromatic heterocycles. The van der Waals surface area contributed by atoms with Crippen molar-refractivity contribution >= 4 is 5.91 Å². The normalized spacial score (nSPS) is 20.9. The Morgan fingerprint density at radius 2 is 2.20 bits per heavy atom. The summed E-state index contributed by atoms with van der Waals surface area (Å²) in [6, 6.07) is 5.78. The molecule has 1 aromatic rings. The number of carbonyl (C=O) groups is 1. The van der Waals surface area contributed by atoms with Gasteiger partial charge in [0.2, 0.25) is 5.91 Å². The van der Waals surface area contributed by atoms with Crippen molar-refractivity contribution in [3.63, 3.8) is 0 Å². The minimum atomic E-state index is -0.909. The average molecular weight is 276 g/mol. The molecule has 0 radical (unpaired) electrons. The van der Waals surface area contributed by atoms with Gasteiger partial charge >= 0.3 is 0 Å². The topological polar surface area (TPSA) is 55.6 Å². The van der Waals surface area contributed by atoms with Gasteiger partial charge in [-0.1, -0.05) is 26.0 Å². The summed E-state index contributed by atoms with van der Waals surface area (Å²) < 4.78 is 5.37. The summed E-state index contributed by atoms with van der Waals surface area (Å²) in [6.45, 7) is 4.91. The van der Waals surface area contributed by atoms with Crippen LogP contribution in [0.15, 0.2) is 18.2 Å². The van der Waals surface area contributed by atoms with Gasteiger partial charge in [-0.25, -0.2) is 0 Å². The second kappa shape index (κ2) is 5.44. The van der Waals surface area contributed by atoms with E-state index in [9.17, 15) is 4.79 Å². The Morgan fingerprint density at radius 1 is 1.50 bits per heavy atom. The number of rotatable bonds is 4. The molecule has 1 unspecified atom stereocenters. The van der Waals surface area contributed by atoms with Gasteiger partial charge in [0, 0.05) is 13.6 Å². The molecular weight excluding hydrogens is 252 g/mol. The molecule has 1 atom stereocenters. The number of likely N-dealkylation sites (N-methyl/N-ethyl adjacent to an activating group) is 1. The van der Waals surface area contributed by atoms with Crippen LogP contribution in [0, 0.1) is 5.92 Å². The molecule has 4 nitrogen and oxygen atoms in total. The molecule has 4 heteroatoms. The standard InChI is InChI=1S/C16H24N2O2/c1-11(2)10-18(3)15(19)16(17)9-8-12-13(16)6-5-7-14(12)20-4/h5-7,11H,8-10,17H2,1-4H3. The molecule has 20 heavy (non-hydrogen) atoms. The van der Waals surface area contributed by atoms with E-state index in [1.54, 1.807) is 12.0 Å². The smallest absolute Gasteiger partial charge is 0.247 e. The van der Waals surface area contributed by atoms with Gasteiger partial charge in [-0.15, -0.1) is 0 Å². The van der Waals surface area contributed by atoms with E-state index in [0.29, 0.717) is 12.3 Å². The van der Waals surface area contributed by atoms with Gasteiger partial charge < -0.3 is 15.4 Å². The van der Waals surface area contributed by atoms with E-state index in [4.69, 9.17) is 10.5 Å². The largest absolute Gasteiger partial charge is 0.496 e. The van der Waals surface area contributed by atoms with Crippen LogP contribution in [0.4, 0.5) is 0 Å². The van der Waals surface area contributed by atoms with E-state index in [1.165, 1.54) is 0 Å². The zero-order valence-electron chi connectivity index (χ0n) is 12.8. The number of fused-ring (bicyclic) bond motifs is 1. The lowest BCUT2D eigenvalue weighted by molar-refractivity contribution is -0.136. The maximum absolute atomic E-state index is 12.7. The maximum atomic E-state index is 12.7. The molecule has 2 rings (SSSR count). The molecule has 0 aliphatic heterocycles. The Bertz CT molecular complexity index is 513. The SMILES string of the molecule is COc1cccc2c1CCC2(N)C(=O)N(C)CC(C)C. The maximum Gasteiger partial charge on any atom is 0.247 e. The minimum absolute atomic E-state index is 0.00166. The fourth-order valence-corrected chi connectivity index (χ4v) is 3.08. The first-order valence-electron chi connectivity index (χ1n) is 7.11. The summed E-state index contributed by atoms with van der Waals surface area (Å²) in [6.07, 6.45) is 1.43. The fourth-order valence-electron chi connectivity index (χ4n) is 3.08. The van der Waals surface area contributed by atoms with Crippen LogP contribution in [0.25, 0.3) is 0 Å². The molecule has 0 fully saturated rings. The number of nitrogens with two attached hydrogens (primary N) is 1. The molecule has 1 aromatic carbocycles. The van der Waals surface area contributed by atoms with Crippen LogP contribution in [0.3, 0.4) is 0 Å². The van der Waals surface area contributed by atoms with Crippen LogP contribution < -0.4 is 10.5 Å². The average Bonchev–Trinajstić information content (AvgIpc) is 2.76. The van der Waals surface area contributed by atoms with Crippen LogP contribution in [-0.4, -0.2) is 31.5 Å². The van der Waals surface area contributed by atoms with Crippen molar-refractivity contribution in [3.05, 3.63) is 29.3 Å². The van der Waals surface area contributed by atoms with Crippen LogP contribution in [0.1, 0.15) is 31.4 Å². The Balaban J connectivity index is 2.33. The van der Waals surface area contributed by atoms with Crippen molar-refractivity contribution in [1.82, 2.24) is 4.90 Å². The van der Waals surface area contributed by atoms with Crippen molar-refractivity contribution in [2.75, 3.05) is 20.7 Å². The molecule has 110 valence electrons. The van der Waals surface area contributed by atoms with E-state index in [-0.39, 0.29) is 5.91 Å². The van der Waals surface area contributed by atoms with Gasteiger partial charge in [0.15, 0.2) is 0 Å². The number of benzene rings is 1. The van der Waals surface area contributed by atoms with Crippen molar-refractivity contribution in [2.45, 2.75) is 32.2 Å². The monoisotopic (exact) mass is 276 g/mol. The second-order valence-corrected chi connectivity index (χ2v) is 6.04. The van der Waals surface area contributed by atoms with Crippen molar-refractivity contribution in [2.24, 2.45) is 11.7 Å². The highest BCUT2D eigenvalue weighted by molar-refractivity contribution is 5.89. The van der Waals surface area contributed by atoms with E-state index >= 15 is 0 Å². The Morgan fingerprint density at radius 3 is 2.80 bits per heavy atom. The van der Waals surface area contributed by atoms with Crippen LogP contribution in [0.5, 0.6) is 5.75 Å². The highest BCUT2D eigenvalue weighted by Gasteiger charge is 2.44. The van der Waals surface area contributed by atoms with Crippen LogP contribution in [0.2, 0.25) is 0 Å². The van der Waals surface area contributed by atoms with Crippen LogP contribution >= 0.6 is 0 Å². The van der Waals surface area contributed by atoms with Gasteiger partial charge in [0.25, 0.3) is 0 Å². The summed E-state index contributed by atoms with van der Waals surface area (Å²) in [5, 5.41) is 0. The second-order valence-electron chi connectivity index (χ2n) is 6.04. The first-order valence-corrected chi connectivity index (χ1v) is 7.11. The van der Waals surface area contributed by atoms with Crippen molar-refractivity contribution in [3.8, 4) is 5.75 Å². The van der Waals surface area contributed by atoms with E-state index < -0.39 is 5.54 Å². The number of hydrogen-bond acceptors (Lipinski definition) is 3. The summed E-state index contributed by atoms with van der Waals surface area (Å²) in [5.74, 6) is 1.26. The number of hydrogen-bond donors (Lipinski definition) is 1. The lowest BCUT2D eigenvalue weighted by atomic mass is 9.91. The lowest BCUT2D eigenvalue weighted by Crippen LogP contribution is -2.51. The Labute approximate surface area is 120 Å². The fraction of sp³-hybridized carbons (Fsp3) is 0.562. The molecule has 0 saturated heterocycles. The molecule has 2 N–H and O–H groups in total. The highest BCUT2D eigenvalue weighted by Crippen LogP contribution is 2.40.